The van der Waals surface area contributed by atoms with Gasteiger partial charge in [0, 0.05) is 18.0 Å². The van der Waals surface area contributed by atoms with E-state index in [-0.39, 0.29) is 0 Å². The highest BCUT2D eigenvalue weighted by molar-refractivity contribution is 5.18. The van der Waals surface area contributed by atoms with Gasteiger partial charge in [-0.15, -0.1) is 0 Å². The van der Waals surface area contributed by atoms with Gasteiger partial charge in [0.2, 0.25) is 0 Å². The summed E-state index contributed by atoms with van der Waals surface area (Å²) >= 11 is 0. The maximum atomic E-state index is 8.39. The fraction of sp³-hybridized carbons (Fsp3) is 0.143. The third-order valence-corrected chi connectivity index (χ3v) is 1.18. The smallest absolute Gasteiger partial charge is 0.120 e. The Morgan fingerprint density at radius 1 is 1.70 bits per heavy atom. The Morgan fingerprint density at radius 3 is 3.00 bits per heavy atom. The van der Waals surface area contributed by atoms with E-state index in [1.54, 1.807) is 24.5 Å². The number of hydrogen-bond donors (Lipinski definition) is 1. The number of pyridine rings is 1. The molecule has 1 aromatic heterocycles. The fourth-order valence-corrected chi connectivity index (χ4v) is 0.634. The largest absolute Gasteiger partial charge is 0.312 e. The summed E-state index contributed by atoms with van der Waals surface area (Å²) in [5.41, 5.74) is 6.15. The van der Waals surface area contributed by atoms with Gasteiger partial charge in [0.05, 0.1) is 6.07 Å². The lowest BCUT2D eigenvalue weighted by molar-refractivity contribution is 0.915. The highest BCUT2D eigenvalue weighted by Crippen LogP contribution is 2.04. The average molecular weight is 133 g/mol. The van der Waals surface area contributed by atoms with Gasteiger partial charge in [-0.2, -0.15) is 5.26 Å². The summed E-state index contributed by atoms with van der Waals surface area (Å²) in [4.78, 5) is 3.82. The van der Waals surface area contributed by atoms with E-state index >= 15 is 0 Å². The van der Waals surface area contributed by atoms with E-state index in [2.05, 4.69) is 4.98 Å². The predicted molar refractivity (Wildman–Crippen MR) is 36.8 cm³/mol. The van der Waals surface area contributed by atoms with Crippen LogP contribution in [0.5, 0.6) is 0 Å². The minimum absolute atomic E-state index is 0.548. The predicted octanol–water partition coefficient (Wildman–Crippen LogP) is 0.605. The Hall–Kier alpha value is -1.40. The molecule has 3 heteroatoms. The zero-order chi connectivity index (χ0) is 7.40. The number of aromatic nitrogens is 1. The van der Waals surface area contributed by atoms with Gasteiger partial charge in [-0.05, 0) is 6.07 Å². The van der Waals surface area contributed by atoms with Gasteiger partial charge < -0.3 is 5.73 Å². The van der Waals surface area contributed by atoms with Crippen molar-refractivity contribution in [3.63, 3.8) is 0 Å². The second-order valence-electron chi connectivity index (χ2n) is 1.89. The van der Waals surface area contributed by atoms with Gasteiger partial charge in [-0.3, -0.25) is 4.98 Å². The normalized spacial score (nSPS) is 12.0. The molecule has 3 nitrogen and oxygen atoms in total. The monoisotopic (exact) mass is 133 g/mol. The van der Waals surface area contributed by atoms with E-state index < -0.39 is 6.04 Å². The fourth-order valence-electron chi connectivity index (χ4n) is 0.634. The summed E-state index contributed by atoms with van der Waals surface area (Å²) < 4.78 is 0. The van der Waals surface area contributed by atoms with Crippen molar-refractivity contribution in [2.24, 2.45) is 5.73 Å². The molecule has 0 aromatic carbocycles. The van der Waals surface area contributed by atoms with Gasteiger partial charge >= 0.3 is 0 Å². The van der Waals surface area contributed by atoms with Crippen LogP contribution in [0.2, 0.25) is 0 Å². The Bertz CT molecular complexity index is 237. The van der Waals surface area contributed by atoms with E-state index in [0.29, 0.717) is 0 Å². The Kier molecular flexibility index (Phi) is 1.98. The Morgan fingerprint density at radius 2 is 2.50 bits per heavy atom. The highest BCUT2D eigenvalue weighted by Gasteiger charge is 2.00. The van der Waals surface area contributed by atoms with Crippen LogP contribution in [0.3, 0.4) is 0 Å². The van der Waals surface area contributed by atoms with Crippen LogP contribution in [-0.4, -0.2) is 4.98 Å². The number of hydrogen-bond acceptors (Lipinski definition) is 3. The number of rotatable bonds is 1. The molecule has 10 heavy (non-hydrogen) atoms. The molecule has 0 saturated carbocycles. The molecule has 1 heterocycles. The van der Waals surface area contributed by atoms with Crippen molar-refractivity contribution < 1.29 is 0 Å². The SMILES string of the molecule is N#C[C@H](N)c1cccnc1. The van der Waals surface area contributed by atoms with Crippen molar-refractivity contribution in [2.45, 2.75) is 6.04 Å². The van der Waals surface area contributed by atoms with E-state index in [4.69, 9.17) is 11.0 Å². The molecule has 50 valence electrons. The van der Waals surface area contributed by atoms with Crippen molar-refractivity contribution in [3.8, 4) is 6.07 Å². The summed E-state index contributed by atoms with van der Waals surface area (Å²) in [7, 11) is 0. The van der Waals surface area contributed by atoms with Crippen molar-refractivity contribution in [1.82, 2.24) is 4.98 Å². The molecule has 0 aliphatic heterocycles. The maximum Gasteiger partial charge on any atom is 0.120 e. The number of nitrogens with zero attached hydrogens (tertiary/aromatic N) is 2. The minimum atomic E-state index is -0.548. The summed E-state index contributed by atoms with van der Waals surface area (Å²) in [6, 6.07) is 4.91. The molecular weight excluding hydrogens is 126 g/mol. The highest BCUT2D eigenvalue weighted by atomic mass is 14.7. The minimum Gasteiger partial charge on any atom is -0.312 e. The first-order valence-corrected chi connectivity index (χ1v) is 2.89. The maximum absolute atomic E-state index is 8.39. The van der Waals surface area contributed by atoms with Crippen LogP contribution < -0.4 is 5.73 Å². The molecule has 1 aromatic rings. The molecule has 0 unspecified atom stereocenters. The molecule has 1 rings (SSSR count). The van der Waals surface area contributed by atoms with E-state index in [0.717, 1.165) is 5.56 Å². The number of nitriles is 1. The molecule has 0 spiro atoms. The van der Waals surface area contributed by atoms with Gasteiger partial charge in [-0.25, -0.2) is 0 Å². The van der Waals surface area contributed by atoms with E-state index in [1.807, 2.05) is 6.07 Å². The van der Waals surface area contributed by atoms with Crippen molar-refractivity contribution >= 4 is 0 Å². The molecule has 0 radical (unpaired) electrons. The van der Waals surface area contributed by atoms with Crippen LogP contribution in [0.1, 0.15) is 11.6 Å². The van der Waals surface area contributed by atoms with Gasteiger partial charge in [0.25, 0.3) is 0 Å². The third kappa shape index (κ3) is 1.30. The quantitative estimate of drug-likeness (QED) is 0.610. The Labute approximate surface area is 59.1 Å². The van der Waals surface area contributed by atoms with Gasteiger partial charge in [-0.1, -0.05) is 6.07 Å². The van der Waals surface area contributed by atoms with Crippen molar-refractivity contribution in [2.75, 3.05) is 0 Å². The van der Waals surface area contributed by atoms with Gasteiger partial charge in [0.1, 0.15) is 6.04 Å². The van der Waals surface area contributed by atoms with Crippen LogP contribution in [0.4, 0.5) is 0 Å². The molecule has 0 fully saturated rings. The number of nitrogens with two attached hydrogens (primary N) is 1. The second-order valence-corrected chi connectivity index (χ2v) is 1.89. The molecule has 0 amide bonds. The summed E-state index contributed by atoms with van der Waals surface area (Å²) in [6.45, 7) is 0. The van der Waals surface area contributed by atoms with Crippen LogP contribution >= 0.6 is 0 Å². The molecular formula is C7H7N3. The lowest BCUT2D eigenvalue weighted by Crippen LogP contribution is -2.06. The van der Waals surface area contributed by atoms with Crippen LogP contribution in [0, 0.1) is 11.3 Å². The summed E-state index contributed by atoms with van der Waals surface area (Å²) in [5.74, 6) is 0. The molecule has 0 bridgehead atoms. The van der Waals surface area contributed by atoms with Crippen molar-refractivity contribution in [3.05, 3.63) is 30.1 Å². The molecule has 2 N–H and O–H groups in total. The second kappa shape index (κ2) is 2.95. The lowest BCUT2D eigenvalue weighted by Gasteiger charge is -1.98. The topological polar surface area (TPSA) is 62.7 Å². The summed E-state index contributed by atoms with van der Waals surface area (Å²) in [5, 5.41) is 8.39. The first-order chi connectivity index (χ1) is 4.84. The zero-order valence-corrected chi connectivity index (χ0v) is 5.36. The van der Waals surface area contributed by atoms with E-state index in [9.17, 15) is 0 Å². The van der Waals surface area contributed by atoms with Crippen LogP contribution in [-0.2, 0) is 0 Å². The van der Waals surface area contributed by atoms with Gasteiger partial charge in [0.15, 0.2) is 0 Å². The first kappa shape index (κ1) is 6.72. The average Bonchev–Trinajstić information content (AvgIpc) is 2.05. The van der Waals surface area contributed by atoms with Crippen molar-refractivity contribution in [1.29, 1.82) is 5.26 Å². The third-order valence-electron chi connectivity index (χ3n) is 1.18. The Balaban J connectivity index is 2.88. The molecule has 0 aliphatic carbocycles. The van der Waals surface area contributed by atoms with Crippen LogP contribution in [0.25, 0.3) is 0 Å². The standard InChI is InChI=1S/C7H7N3/c8-4-7(9)6-2-1-3-10-5-6/h1-3,5,7H,9H2/t7-/m0/s1. The van der Waals surface area contributed by atoms with E-state index in [1.165, 1.54) is 0 Å². The molecule has 0 saturated heterocycles. The molecule has 1 atom stereocenters. The zero-order valence-electron chi connectivity index (χ0n) is 5.36. The lowest BCUT2D eigenvalue weighted by atomic mass is 10.1. The summed E-state index contributed by atoms with van der Waals surface area (Å²) in [6.07, 6.45) is 3.24. The molecule has 0 aliphatic rings. The van der Waals surface area contributed by atoms with Crippen LogP contribution in [0.15, 0.2) is 24.5 Å². The first-order valence-electron chi connectivity index (χ1n) is 2.89.